The summed E-state index contributed by atoms with van der Waals surface area (Å²) >= 11 is 0. The van der Waals surface area contributed by atoms with E-state index < -0.39 is 5.82 Å². The van der Waals surface area contributed by atoms with Gasteiger partial charge in [-0.15, -0.1) is 0 Å². The second-order valence-corrected chi connectivity index (χ2v) is 6.30. The maximum absolute atomic E-state index is 14.2. The zero-order valence-corrected chi connectivity index (χ0v) is 13.9. The first-order valence-corrected chi connectivity index (χ1v) is 8.34. The third-order valence-electron chi connectivity index (χ3n) is 4.37. The fraction of sp³-hybridized carbons (Fsp3) is 0.150. The number of hydrogen-bond donors (Lipinski definition) is 2. The van der Waals surface area contributed by atoms with E-state index in [9.17, 15) is 14.0 Å². The Morgan fingerprint density at radius 3 is 2.92 bits per heavy atom. The Labute approximate surface area is 149 Å². The minimum Gasteiger partial charge on any atom is -0.326 e. The molecule has 2 heterocycles. The van der Waals surface area contributed by atoms with Crippen LogP contribution in [-0.4, -0.2) is 16.8 Å². The van der Waals surface area contributed by atoms with Gasteiger partial charge in [-0.05, 0) is 41.8 Å². The van der Waals surface area contributed by atoms with Crippen molar-refractivity contribution in [1.82, 2.24) is 4.98 Å². The average molecular weight is 349 g/mol. The van der Waals surface area contributed by atoms with Gasteiger partial charge in [0.15, 0.2) is 0 Å². The van der Waals surface area contributed by atoms with Crippen LogP contribution >= 0.6 is 0 Å². The molecule has 1 aliphatic heterocycles. The highest BCUT2D eigenvalue weighted by molar-refractivity contribution is 5.96. The molecule has 3 aromatic rings. The summed E-state index contributed by atoms with van der Waals surface area (Å²) in [6.07, 6.45) is 2.64. The molecule has 0 saturated carbocycles. The lowest BCUT2D eigenvalue weighted by Crippen LogP contribution is -2.20. The molecular weight excluding hydrogens is 333 g/mol. The number of amides is 2. The number of pyridine rings is 1. The Kier molecular flexibility index (Phi) is 4.08. The minimum atomic E-state index is -0.573. The second kappa shape index (κ2) is 6.55. The SMILES string of the molecule is O=C(Cc1cnc2ccccc2c1)Nc1cc2c(cc1F)NC(=O)CC2. The number of nitrogens with one attached hydrogen (secondary N) is 2. The molecule has 5 nitrogen and oxygen atoms in total. The van der Waals surface area contributed by atoms with Gasteiger partial charge in [0.05, 0.1) is 17.6 Å². The molecule has 2 N–H and O–H groups in total. The molecule has 4 rings (SSSR count). The van der Waals surface area contributed by atoms with E-state index in [0.29, 0.717) is 18.5 Å². The molecule has 130 valence electrons. The van der Waals surface area contributed by atoms with Crippen LogP contribution in [0, 0.1) is 5.82 Å². The van der Waals surface area contributed by atoms with Crippen molar-refractivity contribution in [3.63, 3.8) is 0 Å². The average Bonchev–Trinajstić information content (AvgIpc) is 2.62. The summed E-state index contributed by atoms with van der Waals surface area (Å²) < 4.78 is 14.2. The zero-order chi connectivity index (χ0) is 18.1. The van der Waals surface area contributed by atoms with Crippen LogP contribution in [-0.2, 0) is 22.4 Å². The van der Waals surface area contributed by atoms with Crippen molar-refractivity contribution in [1.29, 1.82) is 0 Å². The topological polar surface area (TPSA) is 71.1 Å². The van der Waals surface area contributed by atoms with Crippen LogP contribution in [0.3, 0.4) is 0 Å². The molecule has 0 saturated heterocycles. The molecule has 0 radical (unpaired) electrons. The number of carbonyl (C=O) groups is 2. The molecule has 6 heteroatoms. The van der Waals surface area contributed by atoms with E-state index in [2.05, 4.69) is 15.6 Å². The summed E-state index contributed by atoms with van der Waals surface area (Å²) in [6, 6.07) is 12.4. The number of halogens is 1. The van der Waals surface area contributed by atoms with Crippen molar-refractivity contribution in [2.75, 3.05) is 10.6 Å². The molecule has 26 heavy (non-hydrogen) atoms. The Hall–Kier alpha value is -3.28. The third kappa shape index (κ3) is 3.26. The Bertz CT molecular complexity index is 1030. The van der Waals surface area contributed by atoms with Crippen LogP contribution in [0.2, 0.25) is 0 Å². The van der Waals surface area contributed by atoms with E-state index in [1.807, 2.05) is 30.3 Å². The standard InChI is InChI=1S/C20H16FN3O2/c21-15-10-17-14(5-6-19(25)23-17)9-18(15)24-20(26)8-12-7-13-3-1-2-4-16(13)22-11-12/h1-4,7,9-11H,5-6,8H2,(H,23,25)(H,24,26). The molecular formula is C20H16FN3O2. The van der Waals surface area contributed by atoms with Crippen LogP contribution in [0.4, 0.5) is 15.8 Å². The summed E-state index contributed by atoms with van der Waals surface area (Å²) in [7, 11) is 0. The lowest BCUT2D eigenvalue weighted by atomic mass is 10.0. The van der Waals surface area contributed by atoms with Gasteiger partial charge in [-0.1, -0.05) is 18.2 Å². The quantitative estimate of drug-likeness (QED) is 0.761. The van der Waals surface area contributed by atoms with Crippen LogP contribution < -0.4 is 10.6 Å². The van der Waals surface area contributed by atoms with Gasteiger partial charge in [0, 0.05) is 23.7 Å². The Balaban J connectivity index is 1.51. The third-order valence-corrected chi connectivity index (χ3v) is 4.37. The van der Waals surface area contributed by atoms with Gasteiger partial charge in [-0.25, -0.2) is 4.39 Å². The van der Waals surface area contributed by atoms with Gasteiger partial charge < -0.3 is 10.6 Å². The number of hydrogen-bond acceptors (Lipinski definition) is 3. The van der Waals surface area contributed by atoms with Crippen LogP contribution in [0.5, 0.6) is 0 Å². The highest BCUT2D eigenvalue weighted by Gasteiger charge is 2.18. The number of rotatable bonds is 3. The largest absolute Gasteiger partial charge is 0.326 e. The first-order chi connectivity index (χ1) is 12.6. The summed E-state index contributed by atoms with van der Waals surface area (Å²) in [5.74, 6) is -1.02. The molecule has 1 aromatic heterocycles. The molecule has 2 aromatic carbocycles. The van der Waals surface area contributed by atoms with Crippen LogP contribution in [0.1, 0.15) is 17.5 Å². The maximum Gasteiger partial charge on any atom is 0.228 e. The summed E-state index contributed by atoms with van der Waals surface area (Å²) in [5.41, 5.74) is 3.02. The van der Waals surface area contributed by atoms with E-state index in [4.69, 9.17) is 0 Å². The molecule has 1 aliphatic rings. The van der Waals surface area contributed by atoms with E-state index >= 15 is 0 Å². The predicted octanol–water partition coefficient (Wildman–Crippen LogP) is 3.44. The van der Waals surface area contributed by atoms with Crippen molar-refractivity contribution in [2.24, 2.45) is 0 Å². The number of carbonyl (C=O) groups excluding carboxylic acids is 2. The summed E-state index contributed by atoms with van der Waals surface area (Å²) in [4.78, 5) is 28.0. The molecule has 2 amide bonds. The van der Waals surface area contributed by atoms with E-state index in [1.54, 1.807) is 12.3 Å². The molecule has 0 bridgehead atoms. The molecule has 0 spiro atoms. The van der Waals surface area contributed by atoms with Gasteiger partial charge >= 0.3 is 0 Å². The molecule has 0 fully saturated rings. The first-order valence-electron chi connectivity index (χ1n) is 8.34. The summed E-state index contributed by atoms with van der Waals surface area (Å²) in [5, 5.41) is 6.20. The Morgan fingerprint density at radius 2 is 2.04 bits per heavy atom. The number of anilines is 2. The predicted molar refractivity (Wildman–Crippen MR) is 97.4 cm³/mol. The lowest BCUT2D eigenvalue weighted by molar-refractivity contribution is -0.117. The van der Waals surface area contributed by atoms with Crippen molar-refractivity contribution >= 4 is 34.1 Å². The number of nitrogens with zero attached hydrogens (tertiary/aromatic N) is 1. The van der Waals surface area contributed by atoms with Crippen LogP contribution in [0.25, 0.3) is 10.9 Å². The monoisotopic (exact) mass is 349 g/mol. The maximum atomic E-state index is 14.2. The smallest absolute Gasteiger partial charge is 0.228 e. The zero-order valence-electron chi connectivity index (χ0n) is 13.9. The van der Waals surface area contributed by atoms with Crippen molar-refractivity contribution < 1.29 is 14.0 Å². The highest BCUT2D eigenvalue weighted by Crippen LogP contribution is 2.28. The summed E-state index contributed by atoms with van der Waals surface area (Å²) in [6.45, 7) is 0. The molecule has 0 atom stereocenters. The van der Waals surface area contributed by atoms with Gasteiger partial charge in [0.1, 0.15) is 5.82 Å². The fourth-order valence-electron chi connectivity index (χ4n) is 3.09. The number of benzene rings is 2. The molecule has 0 unspecified atom stereocenters. The normalized spacial score (nSPS) is 13.2. The highest BCUT2D eigenvalue weighted by atomic mass is 19.1. The van der Waals surface area contributed by atoms with Gasteiger partial charge in [0.2, 0.25) is 11.8 Å². The first kappa shape index (κ1) is 16.2. The van der Waals surface area contributed by atoms with E-state index in [-0.39, 0.29) is 23.9 Å². The number of aromatic nitrogens is 1. The van der Waals surface area contributed by atoms with E-state index in [1.165, 1.54) is 6.07 Å². The van der Waals surface area contributed by atoms with Crippen LogP contribution in [0.15, 0.2) is 48.7 Å². The fourth-order valence-corrected chi connectivity index (χ4v) is 3.09. The minimum absolute atomic E-state index is 0.102. The number of aryl methyl sites for hydroxylation is 1. The second-order valence-electron chi connectivity index (χ2n) is 6.30. The Morgan fingerprint density at radius 1 is 1.19 bits per heavy atom. The number of para-hydroxylation sites is 1. The van der Waals surface area contributed by atoms with Gasteiger partial charge in [-0.2, -0.15) is 0 Å². The van der Waals surface area contributed by atoms with Crippen molar-refractivity contribution in [2.45, 2.75) is 19.3 Å². The van der Waals surface area contributed by atoms with Crippen molar-refractivity contribution in [3.8, 4) is 0 Å². The molecule has 0 aliphatic carbocycles. The van der Waals surface area contributed by atoms with E-state index in [0.717, 1.165) is 22.0 Å². The van der Waals surface area contributed by atoms with Gasteiger partial charge in [0.25, 0.3) is 0 Å². The van der Waals surface area contributed by atoms with Gasteiger partial charge in [-0.3, -0.25) is 14.6 Å². The van der Waals surface area contributed by atoms with Crippen molar-refractivity contribution in [3.05, 3.63) is 65.6 Å². The lowest BCUT2D eigenvalue weighted by Gasteiger charge is -2.18. The number of fused-ring (bicyclic) bond motifs is 2.